The normalized spacial score (nSPS) is 11.0. The van der Waals surface area contributed by atoms with Crippen molar-refractivity contribution in [1.29, 1.82) is 5.26 Å². The lowest BCUT2D eigenvalue weighted by molar-refractivity contribution is -0.118. The van der Waals surface area contributed by atoms with E-state index in [1.807, 2.05) is 48.5 Å². The molecule has 0 fully saturated rings. The van der Waals surface area contributed by atoms with E-state index >= 15 is 0 Å². The predicted octanol–water partition coefficient (Wildman–Crippen LogP) is 2.96. The van der Waals surface area contributed by atoms with Crippen molar-refractivity contribution in [3.05, 3.63) is 71.3 Å². The number of aryl methyl sites for hydroxylation is 1. The molecule has 1 amide bonds. The van der Waals surface area contributed by atoms with Crippen LogP contribution < -0.4 is 5.32 Å². The van der Waals surface area contributed by atoms with Crippen molar-refractivity contribution >= 4 is 27.5 Å². The third-order valence-electron chi connectivity index (χ3n) is 4.08. The van der Waals surface area contributed by atoms with Gasteiger partial charge in [0.15, 0.2) is 9.84 Å². The van der Waals surface area contributed by atoms with Gasteiger partial charge in [-0.3, -0.25) is 4.79 Å². The van der Waals surface area contributed by atoms with Gasteiger partial charge in [0.05, 0.1) is 17.4 Å². The van der Waals surface area contributed by atoms with Crippen LogP contribution in [0.3, 0.4) is 0 Å². The Bertz CT molecular complexity index is 907. The number of rotatable bonds is 11. The molecule has 2 aromatic carbocycles. The Labute approximate surface area is 171 Å². The van der Waals surface area contributed by atoms with Gasteiger partial charge >= 0.3 is 0 Å². The van der Waals surface area contributed by atoms with Gasteiger partial charge in [-0.05, 0) is 30.0 Å². The van der Waals surface area contributed by atoms with Gasteiger partial charge in [-0.25, -0.2) is 8.42 Å². The number of nitrogens with zero attached hydrogens (tertiary/aromatic N) is 1. The zero-order valence-corrected chi connectivity index (χ0v) is 17.3. The highest BCUT2D eigenvalue weighted by atomic mass is 32.2. The maximum Gasteiger partial charge on any atom is 0.235 e. The quantitative estimate of drug-likeness (QED) is 0.569. The number of nitriles is 1. The Morgan fingerprint density at radius 2 is 1.79 bits per heavy atom. The fraction of sp³-hybridized carbons (Fsp3) is 0.333. The molecule has 0 heterocycles. The molecule has 0 aromatic heterocycles. The van der Waals surface area contributed by atoms with Crippen molar-refractivity contribution in [1.82, 2.24) is 5.32 Å². The minimum atomic E-state index is -3.40. The lowest BCUT2D eigenvalue weighted by atomic mass is 10.1. The summed E-state index contributed by atoms with van der Waals surface area (Å²) >= 11 is 1.59. The number of carbonyl (C=O) groups excluding carboxylic acids is 1. The minimum absolute atomic E-state index is 0.00894. The Kier molecular flexibility index (Phi) is 9.05. The molecule has 0 aliphatic carbocycles. The summed E-state index contributed by atoms with van der Waals surface area (Å²) in [5.74, 6) is 0.410. The summed E-state index contributed by atoms with van der Waals surface area (Å²) in [6, 6.07) is 19.3. The third kappa shape index (κ3) is 8.15. The van der Waals surface area contributed by atoms with Gasteiger partial charge in [0.25, 0.3) is 0 Å². The van der Waals surface area contributed by atoms with Gasteiger partial charge in [-0.2, -0.15) is 17.0 Å². The number of hydrogen-bond donors (Lipinski definition) is 1. The second-order valence-electron chi connectivity index (χ2n) is 6.35. The molecule has 0 spiro atoms. The molecule has 2 rings (SSSR count). The first-order valence-corrected chi connectivity index (χ1v) is 12.0. The molecule has 0 bridgehead atoms. The van der Waals surface area contributed by atoms with Crippen LogP contribution in [0.5, 0.6) is 0 Å². The first-order chi connectivity index (χ1) is 13.5. The van der Waals surface area contributed by atoms with Crippen molar-refractivity contribution in [3.63, 3.8) is 0 Å². The highest BCUT2D eigenvalue weighted by molar-refractivity contribution is 7.98. The molecule has 5 nitrogen and oxygen atoms in total. The topological polar surface area (TPSA) is 87.0 Å². The second-order valence-corrected chi connectivity index (χ2v) is 9.64. The summed E-state index contributed by atoms with van der Waals surface area (Å²) in [5.41, 5.74) is 2.71. The summed E-state index contributed by atoms with van der Waals surface area (Å²) in [5, 5.41) is 11.7. The van der Waals surface area contributed by atoms with Crippen LogP contribution in [0.2, 0.25) is 0 Å². The summed E-state index contributed by atoms with van der Waals surface area (Å²) < 4.78 is 24.2. The SMILES string of the molecule is N#Cc1ccccc1CSCCNC(=O)CS(=O)(=O)CCCc1ccccc1. The average molecular weight is 417 g/mol. The largest absolute Gasteiger partial charge is 0.354 e. The Morgan fingerprint density at radius 1 is 1.07 bits per heavy atom. The summed E-state index contributed by atoms with van der Waals surface area (Å²) in [6.07, 6.45) is 1.19. The highest BCUT2D eigenvalue weighted by Gasteiger charge is 2.16. The second kappa shape index (κ2) is 11.5. The van der Waals surface area contributed by atoms with E-state index in [4.69, 9.17) is 5.26 Å². The van der Waals surface area contributed by atoms with E-state index in [-0.39, 0.29) is 5.75 Å². The minimum Gasteiger partial charge on any atom is -0.354 e. The summed E-state index contributed by atoms with van der Waals surface area (Å²) in [4.78, 5) is 11.9. The molecule has 7 heteroatoms. The van der Waals surface area contributed by atoms with Crippen molar-refractivity contribution in [2.45, 2.75) is 18.6 Å². The number of hydrogen-bond acceptors (Lipinski definition) is 5. The summed E-state index contributed by atoms with van der Waals surface area (Å²) in [7, 11) is -3.40. The molecular weight excluding hydrogens is 392 g/mol. The molecule has 0 saturated carbocycles. The Morgan fingerprint density at radius 3 is 2.54 bits per heavy atom. The molecule has 28 heavy (non-hydrogen) atoms. The molecule has 0 unspecified atom stereocenters. The molecule has 0 radical (unpaired) electrons. The van der Waals surface area contributed by atoms with E-state index < -0.39 is 21.5 Å². The first kappa shape index (κ1) is 22.0. The number of sulfone groups is 1. The molecule has 0 atom stereocenters. The van der Waals surface area contributed by atoms with Crippen LogP contribution in [0, 0.1) is 11.3 Å². The van der Waals surface area contributed by atoms with Gasteiger partial charge in [-0.15, -0.1) is 0 Å². The van der Waals surface area contributed by atoms with Gasteiger partial charge < -0.3 is 5.32 Å². The van der Waals surface area contributed by atoms with Crippen molar-refractivity contribution in [2.75, 3.05) is 23.8 Å². The number of benzene rings is 2. The Hall–Kier alpha value is -2.30. The van der Waals surface area contributed by atoms with Gasteiger partial charge in [-0.1, -0.05) is 48.5 Å². The predicted molar refractivity (Wildman–Crippen MR) is 114 cm³/mol. The molecule has 1 N–H and O–H groups in total. The maximum absolute atomic E-state index is 12.1. The monoisotopic (exact) mass is 416 g/mol. The first-order valence-electron chi connectivity index (χ1n) is 9.07. The number of carbonyl (C=O) groups is 1. The van der Waals surface area contributed by atoms with Crippen molar-refractivity contribution in [3.8, 4) is 6.07 Å². The third-order valence-corrected chi connectivity index (χ3v) is 6.70. The van der Waals surface area contributed by atoms with Crippen LogP contribution in [-0.2, 0) is 26.8 Å². The van der Waals surface area contributed by atoms with Gasteiger partial charge in [0.1, 0.15) is 5.75 Å². The van der Waals surface area contributed by atoms with Crippen LogP contribution >= 0.6 is 11.8 Å². The molecule has 0 saturated heterocycles. The van der Waals surface area contributed by atoms with Crippen LogP contribution in [0.4, 0.5) is 0 Å². The molecule has 0 aliphatic rings. The van der Waals surface area contributed by atoms with Crippen molar-refractivity contribution < 1.29 is 13.2 Å². The average Bonchev–Trinajstić information content (AvgIpc) is 2.68. The fourth-order valence-corrected chi connectivity index (χ4v) is 4.76. The van der Waals surface area contributed by atoms with E-state index in [2.05, 4.69) is 11.4 Å². The van der Waals surface area contributed by atoms with Crippen LogP contribution in [0.1, 0.15) is 23.1 Å². The molecule has 2 aromatic rings. The van der Waals surface area contributed by atoms with Crippen LogP contribution in [0.25, 0.3) is 0 Å². The standard InChI is InChI=1S/C21H24N2O3S2/c22-15-19-10-4-5-11-20(19)16-27-13-12-23-21(24)17-28(25,26)14-6-9-18-7-2-1-3-8-18/h1-5,7-8,10-11H,6,9,12-14,16-17H2,(H,23,24). The van der Waals surface area contributed by atoms with Gasteiger partial charge in [0, 0.05) is 18.1 Å². The van der Waals surface area contributed by atoms with E-state index in [0.29, 0.717) is 36.5 Å². The van der Waals surface area contributed by atoms with E-state index in [9.17, 15) is 13.2 Å². The molecule has 148 valence electrons. The lowest BCUT2D eigenvalue weighted by Crippen LogP contribution is -2.32. The maximum atomic E-state index is 12.1. The molecule has 0 aliphatic heterocycles. The summed E-state index contributed by atoms with van der Waals surface area (Å²) in [6.45, 7) is 0.401. The number of thioether (sulfide) groups is 1. The van der Waals surface area contributed by atoms with E-state index in [1.165, 1.54) is 0 Å². The zero-order chi connectivity index (χ0) is 20.2. The highest BCUT2D eigenvalue weighted by Crippen LogP contribution is 2.15. The lowest BCUT2D eigenvalue weighted by Gasteiger charge is -2.07. The number of amides is 1. The fourth-order valence-electron chi connectivity index (χ4n) is 2.66. The zero-order valence-electron chi connectivity index (χ0n) is 15.6. The van der Waals surface area contributed by atoms with E-state index in [0.717, 1.165) is 11.1 Å². The smallest absolute Gasteiger partial charge is 0.235 e. The van der Waals surface area contributed by atoms with Crippen LogP contribution in [0.15, 0.2) is 54.6 Å². The Balaban J connectivity index is 1.62. The van der Waals surface area contributed by atoms with Crippen molar-refractivity contribution in [2.24, 2.45) is 0 Å². The number of nitrogens with one attached hydrogen (secondary N) is 1. The van der Waals surface area contributed by atoms with Crippen LogP contribution in [-0.4, -0.2) is 38.1 Å². The van der Waals surface area contributed by atoms with E-state index in [1.54, 1.807) is 17.8 Å². The van der Waals surface area contributed by atoms with Gasteiger partial charge in [0.2, 0.25) is 5.91 Å². The molecular formula is C21H24N2O3S2.